The number of amides is 1. The number of nitrogens with zero attached hydrogens (tertiary/aromatic N) is 1. The van der Waals surface area contributed by atoms with E-state index in [2.05, 4.69) is 4.98 Å². The van der Waals surface area contributed by atoms with Crippen molar-refractivity contribution < 1.29 is 22.4 Å². The molecule has 0 aromatic carbocycles. The first-order valence-electron chi connectivity index (χ1n) is 4.96. The molecule has 18 heavy (non-hydrogen) atoms. The van der Waals surface area contributed by atoms with Gasteiger partial charge in [0, 0.05) is 12.7 Å². The van der Waals surface area contributed by atoms with E-state index in [0.717, 1.165) is 0 Å². The van der Waals surface area contributed by atoms with Crippen LogP contribution < -0.4 is 11.1 Å². The molecule has 0 unspecified atom stereocenters. The zero-order chi connectivity index (χ0) is 13.8. The molecule has 0 aliphatic heterocycles. The lowest BCUT2D eigenvalue weighted by atomic mass is 10.2. The van der Waals surface area contributed by atoms with E-state index in [4.69, 9.17) is 5.73 Å². The highest BCUT2D eigenvalue weighted by atomic mass is 19.3. The van der Waals surface area contributed by atoms with Gasteiger partial charge in [-0.05, 0) is 11.6 Å². The van der Waals surface area contributed by atoms with Gasteiger partial charge in [-0.25, -0.2) is 8.78 Å². The molecule has 8 heteroatoms. The van der Waals surface area contributed by atoms with Crippen molar-refractivity contribution in [3.8, 4) is 0 Å². The number of aromatic nitrogens is 1. The Bertz CT molecular complexity index is 408. The number of carbonyl (C=O) groups excluding carboxylic acids is 1. The van der Waals surface area contributed by atoms with Gasteiger partial charge in [0.15, 0.2) is 0 Å². The quantitative estimate of drug-likeness (QED) is 0.785. The van der Waals surface area contributed by atoms with E-state index in [1.54, 1.807) is 5.32 Å². The van der Waals surface area contributed by atoms with Crippen molar-refractivity contribution in [2.24, 2.45) is 5.73 Å². The summed E-state index contributed by atoms with van der Waals surface area (Å²) >= 11 is 0. The van der Waals surface area contributed by atoms with Crippen molar-refractivity contribution in [1.29, 1.82) is 0 Å². The normalized spacial score (nSPS) is 11.7. The van der Waals surface area contributed by atoms with Crippen molar-refractivity contribution in [1.82, 2.24) is 10.3 Å². The van der Waals surface area contributed by atoms with Gasteiger partial charge in [-0.15, -0.1) is 0 Å². The van der Waals surface area contributed by atoms with Crippen LogP contribution in [0.4, 0.5) is 17.6 Å². The minimum Gasteiger partial charge on any atom is -0.344 e. The highest BCUT2D eigenvalue weighted by Crippen LogP contribution is 2.21. The predicted octanol–water partition coefficient (Wildman–Crippen LogP) is 1.17. The number of halogens is 4. The van der Waals surface area contributed by atoms with Crippen molar-refractivity contribution in [2.75, 3.05) is 6.54 Å². The molecule has 3 N–H and O–H groups in total. The van der Waals surface area contributed by atoms with Gasteiger partial charge in [0.2, 0.25) is 0 Å². The summed E-state index contributed by atoms with van der Waals surface area (Å²) in [5.41, 5.74) is 5.82. The van der Waals surface area contributed by atoms with E-state index < -0.39 is 24.8 Å². The Hall–Kier alpha value is -1.70. The van der Waals surface area contributed by atoms with Gasteiger partial charge in [0.25, 0.3) is 5.91 Å². The summed E-state index contributed by atoms with van der Waals surface area (Å²) < 4.78 is 48.7. The smallest absolute Gasteiger partial charge is 0.324 e. The van der Waals surface area contributed by atoms with Gasteiger partial charge in [-0.1, -0.05) is 6.07 Å². The standard InChI is InChI=1S/C10H11F4N3O/c11-9(12)10(13,14)5-17-8(18)7-2-1-6(3-15)4-16-7/h1-2,4,9H,3,5,15H2,(H,17,18). The van der Waals surface area contributed by atoms with Gasteiger partial charge in [0.1, 0.15) is 5.69 Å². The van der Waals surface area contributed by atoms with Crippen molar-refractivity contribution in [2.45, 2.75) is 18.9 Å². The van der Waals surface area contributed by atoms with Crippen LogP contribution in [0.1, 0.15) is 16.1 Å². The lowest BCUT2D eigenvalue weighted by molar-refractivity contribution is -0.123. The third kappa shape index (κ3) is 3.66. The minimum absolute atomic E-state index is 0.141. The molecular weight excluding hydrogens is 254 g/mol. The molecule has 1 amide bonds. The molecule has 1 heterocycles. The Morgan fingerprint density at radius 2 is 2.11 bits per heavy atom. The molecule has 0 radical (unpaired) electrons. The van der Waals surface area contributed by atoms with Crippen LogP contribution in [0.5, 0.6) is 0 Å². The van der Waals surface area contributed by atoms with Gasteiger partial charge in [0.05, 0.1) is 6.54 Å². The Balaban J connectivity index is 2.60. The lowest BCUT2D eigenvalue weighted by Crippen LogP contribution is -2.41. The van der Waals surface area contributed by atoms with E-state index in [1.165, 1.54) is 18.3 Å². The lowest BCUT2D eigenvalue weighted by Gasteiger charge is -2.15. The Morgan fingerprint density at radius 1 is 1.44 bits per heavy atom. The van der Waals surface area contributed by atoms with Crippen LogP contribution in [-0.2, 0) is 6.54 Å². The molecule has 0 atom stereocenters. The van der Waals surface area contributed by atoms with E-state index in [9.17, 15) is 22.4 Å². The van der Waals surface area contributed by atoms with Crippen molar-refractivity contribution >= 4 is 5.91 Å². The van der Waals surface area contributed by atoms with E-state index in [-0.39, 0.29) is 12.2 Å². The van der Waals surface area contributed by atoms with Gasteiger partial charge in [-0.3, -0.25) is 9.78 Å². The van der Waals surface area contributed by atoms with Crippen LogP contribution >= 0.6 is 0 Å². The first-order valence-corrected chi connectivity index (χ1v) is 4.96. The number of pyridine rings is 1. The Labute approximate surface area is 100 Å². The monoisotopic (exact) mass is 265 g/mol. The summed E-state index contributed by atoms with van der Waals surface area (Å²) in [5, 5.41) is 1.70. The molecule has 100 valence electrons. The molecule has 0 bridgehead atoms. The molecule has 0 fully saturated rings. The van der Waals surface area contributed by atoms with Crippen molar-refractivity contribution in [3.63, 3.8) is 0 Å². The summed E-state index contributed by atoms with van der Waals surface area (Å²) in [7, 11) is 0. The Morgan fingerprint density at radius 3 is 2.56 bits per heavy atom. The fourth-order valence-corrected chi connectivity index (χ4v) is 1.05. The third-order valence-electron chi connectivity index (χ3n) is 2.10. The molecule has 1 rings (SSSR count). The summed E-state index contributed by atoms with van der Waals surface area (Å²) in [5.74, 6) is -5.20. The Kier molecular flexibility index (Phi) is 4.60. The number of nitrogens with one attached hydrogen (secondary N) is 1. The molecule has 0 aliphatic rings. The van der Waals surface area contributed by atoms with Crippen LogP contribution in [0.3, 0.4) is 0 Å². The van der Waals surface area contributed by atoms with Crippen LogP contribution in [-0.4, -0.2) is 29.8 Å². The SMILES string of the molecule is NCc1ccc(C(=O)NCC(F)(F)C(F)F)nc1. The topological polar surface area (TPSA) is 68.0 Å². The molecule has 1 aromatic heterocycles. The first-order chi connectivity index (χ1) is 8.36. The van der Waals surface area contributed by atoms with Crippen LogP contribution in [0.25, 0.3) is 0 Å². The van der Waals surface area contributed by atoms with Gasteiger partial charge >= 0.3 is 12.3 Å². The molecular formula is C10H11F4N3O. The number of hydrogen-bond donors (Lipinski definition) is 2. The summed E-state index contributed by atoms with van der Waals surface area (Å²) in [4.78, 5) is 15.0. The van der Waals surface area contributed by atoms with E-state index in [0.29, 0.717) is 5.56 Å². The van der Waals surface area contributed by atoms with Crippen molar-refractivity contribution in [3.05, 3.63) is 29.6 Å². The largest absolute Gasteiger partial charge is 0.344 e. The zero-order valence-corrected chi connectivity index (χ0v) is 9.17. The molecule has 0 saturated heterocycles. The highest BCUT2D eigenvalue weighted by Gasteiger charge is 2.40. The van der Waals surface area contributed by atoms with Crippen LogP contribution in [0.2, 0.25) is 0 Å². The van der Waals surface area contributed by atoms with E-state index >= 15 is 0 Å². The number of rotatable bonds is 5. The molecule has 0 saturated carbocycles. The molecule has 4 nitrogen and oxygen atoms in total. The zero-order valence-electron chi connectivity index (χ0n) is 9.17. The first kappa shape index (κ1) is 14.4. The minimum atomic E-state index is -4.26. The second kappa shape index (κ2) is 5.76. The van der Waals surface area contributed by atoms with E-state index in [1.807, 2.05) is 0 Å². The summed E-state index contributed by atoms with van der Waals surface area (Å²) in [6.45, 7) is -1.22. The summed E-state index contributed by atoms with van der Waals surface area (Å²) in [6.07, 6.45) is -2.52. The third-order valence-corrected chi connectivity index (χ3v) is 2.10. The highest BCUT2D eigenvalue weighted by molar-refractivity contribution is 5.92. The summed E-state index contributed by atoms with van der Waals surface area (Å²) in [6, 6.07) is 2.77. The van der Waals surface area contributed by atoms with Gasteiger partial charge in [-0.2, -0.15) is 8.78 Å². The average Bonchev–Trinajstić information content (AvgIpc) is 2.36. The molecule has 1 aromatic rings. The molecule has 0 aliphatic carbocycles. The van der Waals surface area contributed by atoms with Crippen LogP contribution in [0, 0.1) is 0 Å². The number of nitrogens with two attached hydrogens (primary N) is 1. The second-order valence-electron chi connectivity index (χ2n) is 3.50. The maximum atomic E-state index is 12.5. The molecule has 0 spiro atoms. The maximum Gasteiger partial charge on any atom is 0.324 e. The number of hydrogen-bond acceptors (Lipinski definition) is 3. The maximum absolute atomic E-state index is 12.5. The fourth-order valence-electron chi connectivity index (χ4n) is 1.05. The van der Waals surface area contributed by atoms with Crippen LogP contribution in [0.15, 0.2) is 18.3 Å². The second-order valence-corrected chi connectivity index (χ2v) is 3.50. The number of carbonyl (C=O) groups is 1. The fraction of sp³-hybridized carbons (Fsp3) is 0.400. The predicted molar refractivity (Wildman–Crippen MR) is 55.4 cm³/mol. The van der Waals surface area contributed by atoms with Gasteiger partial charge < -0.3 is 11.1 Å². The number of alkyl halides is 4. The average molecular weight is 265 g/mol.